The summed E-state index contributed by atoms with van der Waals surface area (Å²) < 4.78 is 21.9. The predicted octanol–water partition coefficient (Wildman–Crippen LogP) is 3.13. The Morgan fingerprint density at radius 2 is 1.47 bits per heavy atom. The van der Waals surface area contributed by atoms with Crippen molar-refractivity contribution >= 4 is 17.9 Å². The minimum absolute atomic E-state index is 0.135. The third-order valence-electron chi connectivity index (χ3n) is 5.96. The van der Waals surface area contributed by atoms with Crippen LogP contribution < -0.4 is 0 Å². The molecule has 1 heterocycles. The minimum Gasteiger partial charge on any atom is -0.455 e. The van der Waals surface area contributed by atoms with Crippen LogP contribution in [0.3, 0.4) is 0 Å². The molecule has 198 valence electrons. The second kappa shape index (κ2) is 15.3. The number of unbranched alkanes of at least 4 members (excludes halogenated alkanes) is 3. The van der Waals surface area contributed by atoms with Gasteiger partial charge in [-0.3, -0.25) is 14.4 Å². The first kappa shape index (κ1) is 30.3. The molecule has 0 aromatic carbocycles. The van der Waals surface area contributed by atoms with E-state index in [1.807, 2.05) is 6.92 Å². The van der Waals surface area contributed by atoms with E-state index in [1.54, 1.807) is 20.8 Å². The summed E-state index contributed by atoms with van der Waals surface area (Å²) in [6, 6.07) is 0. The molecule has 2 N–H and O–H groups in total. The molecule has 0 aliphatic carbocycles. The molecule has 1 rings (SSSR count). The van der Waals surface area contributed by atoms with Crippen LogP contribution in [-0.4, -0.2) is 65.4 Å². The zero-order chi connectivity index (χ0) is 25.8. The van der Waals surface area contributed by atoms with Gasteiger partial charge in [-0.2, -0.15) is 0 Å². The Hall–Kier alpha value is -1.71. The van der Waals surface area contributed by atoms with Crippen molar-refractivity contribution in [1.29, 1.82) is 0 Å². The third kappa shape index (κ3) is 9.88. The van der Waals surface area contributed by atoms with Crippen LogP contribution in [0.4, 0.5) is 0 Å². The Balaban J connectivity index is 2.97. The lowest BCUT2D eigenvalue weighted by Crippen LogP contribution is -2.62. The number of ether oxygens (including phenoxy) is 4. The molecular formula is C25H44O9. The van der Waals surface area contributed by atoms with E-state index in [-0.39, 0.29) is 6.42 Å². The first-order chi connectivity index (χ1) is 16.0. The Morgan fingerprint density at radius 1 is 0.853 bits per heavy atom. The van der Waals surface area contributed by atoms with Gasteiger partial charge in [0.15, 0.2) is 24.6 Å². The molecule has 1 saturated heterocycles. The van der Waals surface area contributed by atoms with Gasteiger partial charge < -0.3 is 29.2 Å². The topological polar surface area (TPSA) is 129 Å². The molecule has 1 aliphatic rings. The Kier molecular flexibility index (Phi) is 13.7. The minimum atomic E-state index is -1.66. The Labute approximate surface area is 203 Å². The van der Waals surface area contributed by atoms with E-state index >= 15 is 0 Å². The molecule has 1 aliphatic heterocycles. The van der Waals surface area contributed by atoms with Crippen molar-refractivity contribution in [3.8, 4) is 0 Å². The molecule has 0 spiro atoms. The normalized spacial score (nSPS) is 25.8. The SMILES string of the molecule is CCC(C)C(=O)O[C@@H]1[C@@H](OC(=O)CCCCCCC(C)C)[C@H](OC(=O)C(C)C)[C@@H](CO)O[C@@H]1O. The number of hydrogen-bond acceptors (Lipinski definition) is 9. The predicted molar refractivity (Wildman–Crippen MR) is 124 cm³/mol. The molecule has 0 aromatic rings. The number of aliphatic hydroxyl groups excluding tert-OH is 2. The van der Waals surface area contributed by atoms with Gasteiger partial charge >= 0.3 is 17.9 Å². The highest BCUT2D eigenvalue weighted by atomic mass is 16.7. The summed E-state index contributed by atoms with van der Waals surface area (Å²) in [7, 11) is 0. The van der Waals surface area contributed by atoms with Gasteiger partial charge in [0.2, 0.25) is 0 Å². The molecule has 0 bridgehead atoms. The molecule has 0 aromatic heterocycles. The third-order valence-corrected chi connectivity index (χ3v) is 5.96. The van der Waals surface area contributed by atoms with E-state index in [0.717, 1.165) is 25.7 Å². The maximum Gasteiger partial charge on any atom is 0.309 e. The van der Waals surface area contributed by atoms with Crippen molar-refractivity contribution in [2.24, 2.45) is 17.8 Å². The van der Waals surface area contributed by atoms with Crippen molar-refractivity contribution < 1.29 is 43.5 Å². The summed E-state index contributed by atoms with van der Waals surface area (Å²) in [5.74, 6) is -2.06. The second-order valence-electron chi connectivity index (χ2n) is 9.82. The van der Waals surface area contributed by atoms with Crippen LogP contribution in [0.1, 0.15) is 86.5 Å². The van der Waals surface area contributed by atoms with Crippen molar-refractivity contribution in [2.75, 3.05) is 6.61 Å². The highest BCUT2D eigenvalue weighted by molar-refractivity contribution is 5.73. The van der Waals surface area contributed by atoms with E-state index < -0.39 is 67.1 Å². The van der Waals surface area contributed by atoms with E-state index in [9.17, 15) is 24.6 Å². The lowest BCUT2D eigenvalue weighted by Gasteiger charge is -2.43. The van der Waals surface area contributed by atoms with Crippen molar-refractivity contribution in [3.63, 3.8) is 0 Å². The van der Waals surface area contributed by atoms with Crippen molar-refractivity contribution in [3.05, 3.63) is 0 Å². The molecule has 1 fully saturated rings. The highest BCUT2D eigenvalue weighted by Crippen LogP contribution is 2.29. The van der Waals surface area contributed by atoms with Gasteiger partial charge in [-0.15, -0.1) is 0 Å². The van der Waals surface area contributed by atoms with Gasteiger partial charge in [0.05, 0.1) is 18.4 Å². The van der Waals surface area contributed by atoms with Gasteiger partial charge in [0.25, 0.3) is 0 Å². The van der Waals surface area contributed by atoms with Crippen molar-refractivity contribution in [1.82, 2.24) is 0 Å². The molecule has 0 amide bonds. The fourth-order valence-electron chi connectivity index (χ4n) is 3.52. The van der Waals surface area contributed by atoms with Gasteiger partial charge in [0.1, 0.15) is 6.10 Å². The molecule has 6 atom stereocenters. The quantitative estimate of drug-likeness (QED) is 0.215. The van der Waals surface area contributed by atoms with Crippen LogP contribution in [0.2, 0.25) is 0 Å². The Morgan fingerprint density at radius 3 is 2.03 bits per heavy atom. The number of carbonyl (C=O) groups excluding carboxylic acids is 3. The maximum absolute atomic E-state index is 12.7. The summed E-state index contributed by atoms with van der Waals surface area (Å²) in [5.41, 5.74) is 0. The van der Waals surface area contributed by atoms with Crippen LogP contribution in [0.15, 0.2) is 0 Å². The molecule has 34 heavy (non-hydrogen) atoms. The maximum atomic E-state index is 12.7. The van der Waals surface area contributed by atoms with Gasteiger partial charge in [-0.05, 0) is 18.8 Å². The van der Waals surface area contributed by atoms with Crippen LogP contribution in [-0.2, 0) is 33.3 Å². The molecule has 9 nitrogen and oxygen atoms in total. The van der Waals surface area contributed by atoms with Crippen LogP contribution in [0, 0.1) is 17.8 Å². The first-order valence-corrected chi connectivity index (χ1v) is 12.6. The first-order valence-electron chi connectivity index (χ1n) is 12.6. The number of rotatable bonds is 14. The molecule has 0 saturated carbocycles. The van der Waals surface area contributed by atoms with Crippen LogP contribution in [0.5, 0.6) is 0 Å². The van der Waals surface area contributed by atoms with Crippen LogP contribution >= 0.6 is 0 Å². The molecule has 9 heteroatoms. The van der Waals surface area contributed by atoms with Crippen LogP contribution in [0.25, 0.3) is 0 Å². The number of hydrogen-bond donors (Lipinski definition) is 2. The van der Waals surface area contributed by atoms with E-state index in [4.69, 9.17) is 18.9 Å². The molecular weight excluding hydrogens is 444 g/mol. The summed E-state index contributed by atoms with van der Waals surface area (Å²) in [6.45, 7) is 10.5. The summed E-state index contributed by atoms with van der Waals surface area (Å²) >= 11 is 0. The lowest BCUT2D eigenvalue weighted by atomic mass is 9.97. The summed E-state index contributed by atoms with van der Waals surface area (Å²) in [5, 5.41) is 20.3. The standard InChI is InChI=1S/C25H44O9/c1-7-17(6)24(29)34-22-21(32-19(27)13-11-9-8-10-12-15(2)3)20(33-23(28)16(4)5)18(14-26)31-25(22)30/h15-18,20-22,25-26,30H,7-14H2,1-6H3/t17?,18-,20-,21+,22-,25+/m1/s1. The van der Waals surface area contributed by atoms with E-state index in [2.05, 4.69) is 13.8 Å². The smallest absolute Gasteiger partial charge is 0.309 e. The van der Waals surface area contributed by atoms with E-state index in [0.29, 0.717) is 18.8 Å². The lowest BCUT2D eigenvalue weighted by molar-refractivity contribution is -0.297. The number of aliphatic hydroxyl groups is 2. The Bertz CT molecular complexity index is 634. The zero-order valence-electron chi connectivity index (χ0n) is 21.5. The number of carbonyl (C=O) groups is 3. The molecule has 0 radical (unpaired) electrons. The largest absolute Gasteiger partial charge is 0.455 e. The van der Waals surface area contributed by atoms with Gasteiger partial charge in [0, 0.05) is 6.42 Å². The van der Waals surface area contributed by atoms with Gasteiger partial charge in [-0.25, -0.2) is 0 Å². The van der Waals surface area contributed by atoms with E-state index in [1.165, 1.54) is 0 Å². The fraction of sp³-hybridized carbons (Fsp3) is 0.880. The zero-order valence-corrected chi connectivity index (χ0v) is 21.5. The molecule has 1 unspecified atom stereocenters. The summed E-state index contributed by atoms with van der Waals surface area (Å²) in [4.78, 5) is 37.4. The average Bonchev–Trinajstić information content (AvgIpc) is 2.78. The van der Waals surface area contributed by atoms with Crippen molar-refractivity contribution in [2.45, 2.75) is 117 Å². The van der Waals surface area contributed by atoms with Gasteiger partial charge in [-0.1, -0.05) is 67.2 Å². The highest BCUT2D eigenvalue weighted by Gasteiger charge is 2.52. The monoisotopic (exact) mass is 488 g/mol. The summed E-state index contributed by atoms with van der Waals surface area (Å²) in [6.07, 6.45) is -1.38. The average molecular weight is 489 g/mol. The number of esters is 3. The fourth-order valence-corrected chi connectivity index (χ4v) is 3.52. The second-order valence-corrected chi connectivity index (χ2v) is 9.82.